The van der Waals surface area contributed by atoms with Crippen LogP contribution in [0.15, 0.2) is 34.9 Å². The second-order valence-corrected chi connectivity index (χ2v) is 4.94. The Bertz CT molecular complexity index is 522. The Balaban J connectivity index is 2.22. The maximum Gasteiger partial charge on any atom is 0.233 e. The first-order chi connectivity index (χ1) is 9.04. The lowest BCUT2D eigenvalue weighted by molar-refractivity contribution is 0.135. The molecule has 19 heavy (non-hydrogen) atoms. The van der Waals surface area contributed by atoms with E-state index in [1.54, 1.807) is 7.11 Å². The summed E-state index contributed by atoms with van der Waals surface area (Å²) < 4.78 is 10.4. The molecule has 0 spiro atoms. The largest absolute Gasteiger partial charge is 0.382 e. The number of nitrogens with zero attached hydrogens (tertiary/aromatic N) is 2. The number of nitrogens with two attached hydrogens (primary N) is 1. The van der Waals surface area contributed by atoms with Crippen LogP contribution < -0.4 is 5.73 Å². The smallest absolute Gasteiger partial charge is 0.233 e. The summed E-state index contributed by atoms with van der Waals surface area (Å²) in [5.74, 6) is 1.07. The van der Waals surface area contributed by atoms with Crippen molar-refractivity contribution in [3.63, 3.8) is 0 Å². The van der Waals surface area contributed by atoms with E-state index in [0.717, 1.165) is 5.56 Å². The Morgan fingerprint density at radius 3 is 2.68 bits per heavy atom. The normalized spacial score (nSPS) is 16.0. The van der Waals surface area contributed by atoms with Crippen molar-refractivity contribution in [2.75, 3.05) is 13.7 Å². The molecule has 1 heterocycles. The summed E-state index contributed by atoms with van der Waals surface area (Å²) >= 11 is 0. The third-order valence-corrected chi connectivity index (χ3v) is 3.07. The zero-order chi connectivity index (χ0) is 13.9. The molecule has 2 aromatic rings. The zero-order valence-corrected chi connectivity index (χ0v) is 11.5. The molecular weight excluding hydrogens is 242 g/mol. The molecule has 5 nitrogen and oxygen atoms in total. The van der Waals surface area contributed by atoms with Gasteiger partial charge in [-0.25, -0.2) is 0 Å². The summed E-state index contributed by atoms with van der Waals surface area (Å²) in [5, 5.41) is 3.96. The van der Waals surface area contributed by atoms with E-state index < -0.39 is 5.54 Å². The highest BCUT2D eigenvalue weighted by Crippen LogP contribution is 2.24. The van der Waals surface area contributed by atoms with Crippen LogP contribution in [-0.4, -0.2) is 23.9 Å². The Labute approximate surface area is 112 Å². The first-order valence-corrected chi connectivity index (χ1v) is 6.21. The fourth-order valence-corrected chi connectivity index (χ4v) is 1.89. The minimum Gasteiger partial charge on any atom is -0.382 e. The summed E-state index contributed by atoms with van der Waals surface area (Å²) in [6, 6.07) is 10.0. The number of methoxy groups -OCH3 is 1. The molecule has 2 rings (SSSR count). The van der Waals surface area contributed by atoms with Gasteiger partial charge in [0.15, 0.2) is 5.82 Å². The van der Waals surface area contributed by atoms with Gasteiger partial charge in [-0.1, -0.05) is 35.5 Å². The topological polar surface area (TPSA) is 74.2 Å². The van der Waals surface area contributed by atoms with Gasteiger partial charge in [0.2, 0.25) is 5.89 Å². The van der Waals surface area contributed by atoms with Crippen molar-refractivity contribution in [2.45, 2.75) is 25.3 Å². The molecule has 2 N–H and O–H groups in total. The molecule has 0 aliphatic carbocycles. The average molecular weight is 261 g/mol. The van der Waals surface area contributed by atoms with Crippen molar-refractivity contribution < 1.29 is 9.26 Å². The number of aromatic nitrogens is 2. The molecule has 0 amide bonds. The maximum absolute atomic E-state index is 6.09. The van der Waals surface area contributed by atoms with Crippen LogP contribution >= 0.6 is 0 Å². The van der Waals surface area contributed by atoms with Crippen molar-refractivity contribution in [3.8, 4) is 0 Å². The van der Waals surface area contributed by atoms with Crippen LogP contribution in [0.2, 0.25) is 0 Å². The highest BCUT2D eigenvalue weighted by Gasteiger charge is 2.28. The van der Waals surface area contributed by atoms with E-state index in [-0.39, 0.29) is 5.92 Å². The first-order valence-electron chi connectivity index (χ1n) is 6.21. The van der Waals surface area contributed by atoms with Crippen molar-refractivity contribution in [2.24, 2.45) is 5.73 Å². The van der Waals surface area contributed by atoms with E-state index in [2.05, 4.69) is 10.1 Å². The Hall–Kier alpha value is -1.72. The molecule has 1 aromatic carbocycles. The van der Waals surface area contributed by atoms with Gasteiger partial charge in [-0.2, -0.15) is 4.98 Å². The fraction of sp³-hybridized carbons (Fsp3) is 0.429. The predicted octanol–water partition coefficient (Wildman–Crippen LogP) is 2.04. The van der Waals surface area contributed by atoms with Crippen molar-refractivity contribution in [1.29, 1.82) is 0 Å². The summed E-state index contributed by atoms with van der Waals surface area (Å²) in [6.07, 6.45) is 0. The number of benzene rings is 1. The first kappa shape index (κ1) is 13.7. The van der Waals surface area contributed by atoms with Crippen LogP contribution in [0, 0.1) is 0 Å². The Morgan fingerprint density at radius 1 is 1.37 bits per heavy atom. The lowest BCUT2D eigenvalue weighted by Gasteiger charge is -2.18. The molecule has 102 valence electrons. The summed E-state index contributed by atoms with van der Waals surface area (Å²) in [4.78, 5) is 4.39. The minimum atomic E-state index is -0.743. The van der Waals surface area contributed by atoms with Crippen molar-refractivity contribution in [1.82, 2.24) is 10.1 Å². The highest BCUT2D eigenvalue weighted by molar-refractivity contribution is 5.23. The lowest BCUT2D eigenvalue weighted by atomic mass is 10.0. The van der Waals surface area contributed by atoms with Crippen LogP contribution in [0.1, 0.15) is 37.0 Å². The molecule has 2 unspecified atom stereocenters. The minimum absolute atomic E-state index is 0.0424. The van der Waals surface area contributed by atoms with E-state index in [4.69, 9.17) is 15.0 Å². The molecule has 0 radical (unpaired) electrons. The molecule has 0 bridgehead atoms. The van der Waals surface area contributed by atoms with Crippen molar-refractivity contribution in [3.05, 3.63) is 47.6 Å². The van der Waals surface area contributed by atoms with Gasteiger partial charge in [-0.05, 0) is 19.4 Å². The summed E-state index contributed by atoms with van der Waals surface area (Å²) in [5.41, 5.74) is 6.48. The van der Waals surface area contributed by atoms with E-state index in [1.165, 1.54) is 0 Å². The summed E-state index contributed by atoms with van der Waals surface area (Å²) in [6.45, 7) is 4.18. The molecular formula is C14H19N3O2. The number of hydrogen-bond acceptors (Lipinski definition) is 5. The van der Waals surface area contributed by atoms with E-state index in [9.17, 15) is 0 Å². The second-order valence-electron chi connectivity index (χ2n) is 4.94. The SMILES string of the molecule is COCC(C)(N)c1noc(C(C)c2ccccc2)n1. The fourth-order valence-electron chi connectivity index (χ4n) is 1.89. The highest BCUT2D eigenvalue weighted by atomic mass is 16.5. The van der Waals surface area contributed by atoms with Gasteiger partial charge in [0.1, 0.15) is 5.54 Å². The number of ether oxygens (including phenoxy) is 1. The lowest BCUT2D eigenvalue weighted by Crippen LogP contribution is -2.39. The summed E-state index contributed by atoms with van der Waals surface area (Å²) in [7, 11) is 1.60. The molecule has 1 aromatic heterocycles. The molecule has 0 saturated carbocycles. The van der Waals surface area contributed by atoms with Gasteiger partial charge in [-0.15, -0.1) is 0 Å². The monoisotopic (exact) mass is 261 g/mol. The predicted molar refractivity (Wildman–Crippen MR) is 71.7 cm³/mol. The van der Waals surface area contributed by atoms with Crippen LogP contribution in [0.4, 0.5) is 0 Å². The molecule has 0 fully saturated rings. The second kappa shape index (κ2) is 5.50. The van der Waals surface area contributed by atoms with Crippen LogP contribution in [0.3, 0.4) is 0 Å². The van der Waals surface area contributed by atoms with E-state index >= 15 is 0 Å². The van der Waals surface area contributed by atoms with Gasteiger partial charge >= 0.3 is 0 Å². The van der Waals surface area contributed by atoms with Crippen LogP contribution in [0.25, 0.3) is 0 Å². The molecule has 5 heteroatoms. The van der Waals surface area contributed by atoms with Gasteiger partial charge in [0.05, 0.1) is 12.5 Å². The van der Waals surface area contributed by atoms with Crippen LogP contribution in [-0.2, 0) is 10.3 Å². The number of rotatable bonds is 5. The third-order valence-electron chi connectivity index (χ3n) is 3.07. The van der Waals surface area contributed by atoms with E-state index in [0.29, 0.717) is 18.3 Å². The van der Waals surface area contributed by atoms with Gasteiger partial charge in [-0.3, -0.25) is 0 Å². The standard InChI is InChI=1S/C14H19N3O2/c1-10(11-7-5-4-6-8-11)12-16-13(17-19-12)14(2,15)9-18-3/h4-8,10H,9,15H2,1-3H3. The number of hydrogen-bond donors (Lipinski definition) is 1. The van der Waals surface area contributed by atoms with Crippen LogP contribution in [0.5, 0.6) is 0 Å². The van der Waals surface area contributed by atoms with E-state index in [1.807, 2.05) is 44.2 Å². The van der Waals surface area contributed by atoms with Gasteiger partial charge in [0.25, 0.3) is 0 Å². The maximum atomic E-state index is 6.09. The Kier molecular flexibility index (Phi) is 3.97. The molecule has 2 atom stereocenters. The molecule has 0 aliphatic rings. The Morgan fingerprint density at radius 2 is 2.05 bits per heavy atom. The van der Waals surface area contributed by atoms with Crippen molar-refractivity contribution >= 4 is 0 Å². The van der Waals surface area contributed by atoms with Gasteiger partial charge < -0.3 is 15.0 Å². The van der Waals surface area contributed by atoms with Gasteiger partial charge in [0, 0.05) is 7.11 Å². The molecule has 0 aliphatic heterocycles. The molecule has 0 saturated heterocycles. The zero-order valence-electron chi connectivity index (χ0n) is 11.5. The average Bonchev–Trinajstić information content (AvgIpc) is 2.89. The quantitative estimate of drug-likeness (QED) is 0.891. The third kappa shape index (κ3) is 3.00.